The minimum absolute atomic E-state index is 0.0984. The molecule has 21 heavy (non-hydrogen) atoms. The van der Waals surface area contributed by atoms with E-state index in [1.54, 1.807) is 20.8 Å². The van der Waals surface area contributed by atoms with Gasteiger partial charge < -0.3 is 20.5 Å². The molecular weight excluding hydrogens is 276 g/mol. The van der Waals surface area contributed by atoms with Crippen LogP contribution in [0.5, 0.6) is 0 Å². The van der Waals surface area contributed by atoms with Crippen molar-refractivity contribution in [3.63, 3.8) is 0 Å². The minimum Gasteiger partial charge on any atom is -0.479 e. The number of carbonyl (C=O) groups excluding carboxylic acids is 2. The Morgan fingerprint density at radius 1 is 1.19 bits per heavy atom. The monoisotopic (exact) mass is 300 g/mol. The third-order valence-electron chi connectivity index (χ3n) is 3.23. The van der Waals surface area contributed by atoms with Crippen molar-refractivity contribution in [3.8, 4) is 0 Å². The van der Waals surface area contributed by atoms with Crippen molar-refractivity contribution < 1.29 is 24.2 Å². The molecule has 0 aromatic heterocycles. The molecule has 3 N–H and O–H groups in total. The van der Waals surface area contributed by atoms with Gasteiger partial charge in [-0.3, -0.25) is 9.59 Å². The van der Waals surface area contributed by atoms with Gasteiger partial charge in [0.15, 0.2) is 6.10 Å². The molecule has 2 unspecified atom stereocenters. The van der Waals surface area contributed by atoms with Crippen molar-refractivity contribution in [2.45, 2.75) is 52.2 Å². The van der Waals surface area contributed by atoms with Crippen LogP contribution >= 0.6 is 0 Å². The summed E-state index contributed by atoms with van der Waals surface area (Å²) >= 11 is 0. The van der Waals surface area contributed by atoms with Crippen LogP contribution in [0.25, 0.3) is 0 Å². The zero-order valence-corrected chi connectivity index (χ0v) is 12.8. The quantitative estimate of drug-likeness (QED) is 0.654. The molecule has 1 aliphatic heterocycles. The number of carboxylic acids is 1. The number of carboxylic acid groups (broad SMARTS) is 1. The molecule has 0 aromatic carbocycles. The Balaban J connectivity index is 2.15. The molecule has 7 nitrogen and oxygen atoms in total. The maximum Gasteiger partial charge on any atom is 0.332 e. The van der Waals surface area contributed by atoms with Gasteiger partial charge in [0.2, 0.25) is 11.8 Å². The van der Waals surface area contributed by atoms with Gasteiger partial charge >= 0.3 is 5.97 Å². The highest BCUT2D eigenvalue weighted by Crippen LogP contribution is 2.19. The third-order valence-corrected chi connectivity index (χ3v) is 3.23. The first-order chi connectivity index (χ1) is 9.70. The van der Waals surface area contributed by atoms with Crippen LogP contribution in [0.15, 0.2) is 0 Å². The van der Waals surface area contributed by atoms with E-state index in [2.05, 4.69) is 10.6 Å². The van der Waals surface area contributed by atoms with Crippen LogP contribution in [0.3, 0.4) is 0 Å². The third kappa shape index (κ3) is 6.12. The van der Waals surface area contributed by atoms with E-state index in [1.165, 1.54) is 0 Å². The average Bonchev–Trinajstić information content (AvgIpc) is 2.84. The number of amides is 2. The van der Waals surface area contributed by atoms with E-state index < -0.39 is 17.5 Å². The molecule has 7 heteroatoms. The smallest absolute Gasteiger partial charge is 0.332 e. The summed E-state index contributed by atoms with van der Waals surface area (Å²) in [4.78, 5) is 33.9. The van der Waals surface area contributed by atoms with Crippen molar-refractivity contribution in [2.75, 3.05) is 13.1 Å². The van der Waals surface area contributed by atoms with E-state index in [1.807, 2.05) is 0 Å². The number of aliphatic carboxylic acids is 1. The van der Waals surface area contributed by atoms with Crippen molar-refractivity contribution >= 4 is 17.8 Å². The molecule has 2 atom stereocenters. The molecule has 0 aromatic rings. The summed E-state index contributed by atoms with van der Waals surface area (Å²) in [5.74, 6) is -1.25. The van der Waals surface area contributed by atoms with Crippen LogP contribution in [0.4, 0.5) is 0 Å². The maximum absolute atomic E-state index is 11.6. The first-order valence-electron chi connectivity index (χ1n) is 7.13. The second kappa shape index (κ2) is 7.40. The van der Waals surface area contributed by atoms with Crippen molar-refractivity contribution in [1.29, 1.82) is 0 Å². The molecule has 1 saturated heterocycles. The molecule has 1 aliphatic rings. The minimum atomic E-state index is -0.964. The first-order valence-corrected chi connectivity index (χ1v) is 7.13. The Kier molecular flexibility index (Phi) is 6.14. The van der Waals surface area contributed by atoms with Crippen molar-refractivity contribution in [1.82, 2.24) is 10.6 Å². The zero-order valence-electron chi connectivity index (χ0n) is 12.8. The Bertz CT molecular complexity index is 403. The molecule has 1 heterocycles. The standard InChI is InChI=1S/C14H24N2O5/c1-14(2,3)13(20)15-7-6-11(17)16-8-9-4-5-10(21-9)12(18)19/h9-10H,4-8H2,1-3H3,(H,15,20)(H,16,17)(H,18,19). The summed E-state index contributed by atoms with van der Waals surface area (Å²) in [7, 11) is 0. The van der Waals surface area contributed by atoms with Crippen LogP contribution in [-0.4, -0.2) is 48.2 Å². The molecular formula is C14H24N2O5. The zero-order chi connectivity index (χ0) is 16.0. The highest BCUT2D eigenvalue weighted by atomic mass is 16.5. The van der Waals surface area contributed by atoms with Crippen LogP contribution in [0.2, 0.25) is 0 Å². The molecule has 0 radical (unpaired) electrons. The fourth-order valence-electron chi connectivity index (χ4n) is 1.91. The van der Waals surface area contributed by atoms with Crippen LogP contribution < -0.4 is 10.6 Å². The Labute approximate surface area is 124 Å². The van der Waals surface area contributed by atoms with Crippen LogP contribution in [-0.2, 0) is 19.1 Å². The van der Waals surface area contributed by atoms with Gasteiger partial charge in [-0.25, -0.2) is 4.79 Å². The molecule has 1 fully saturated rings. The first kappa shape index (κ1) is 17.4. The van der Waals surface area contributed by atoms with Crippen molar-refractivity contribution in [2.24, 2.45) is 5.41 Å². The van der Waals surface area contributed by atoms with Gasteiger partial charge in [-0.15, -0.1) is 0 Å². The number of hydrogen-bond acceptors (Lipinski definition) is 4. The molecule has 120 valence electrons. The lowest BCUT2D eigenvalue weighted by Crippen LogP contribution is -2.38. The SMILES string of the molecule is CC(C)(C)C(=O)NCCC(=O)NCC1CCC(C(=O)O)O1. The largest absolute Gasteiger partial charge is 0.479 e. The van der Waals surface area contributed by atoms with E-state index in [-0.39, 0.29) is 30.9 Å². The Morgan fingerprint density at radius 3 is 2.38 bits per heavy atom. The van der Waals surface area contributed by atoms with Crippen LogP contribution in [0, 0.1) is 5.41 Å². The fraction of sp³-hybridized carbons (Fsp3) is 0.786. The number of nitrogens with one attached hydrogen (secondary N) is 2. The molecule has 0 bridgehead atoms. The lowest BCUT2D eigenvalue weighted by Gasteiger charge is -2.17. The lowest BCUT2D eigenvalue weighted by molar-refractivity contribution is -0.149. The fourth-order valence-corrected chi connectivity index (χ4v) is 1.91. The second-order valence-electron chi connectivity index (χ2n) is 6.22. The normalized spacial score (nSPS) is 21.9. The maximum atomic E-state index is 11.6. The Morgan fingerprint density at radius 2 is 1.86 bits per heavy atom. The van der Waals surface area contributed by atoms with Gasteiger partial charge in [-0.2, -0.15) is 0 Å². The average molecular weight is 300 g/mol. The Hall–Kier alpha value is -1.63. The van der Waals surface area contributed by atoms with E-state index in [0.717, 1.165) is 0 Å². The van der Waals surface area contributed by atoms with E-state index in [4.69, 9.17) is 9.84 Å². The van der Waals surface area contributed by atoms with Gasteiger partial charge in [0.05, 0.1) is 6.10 Å². The predicted molar refractivity (Wildman–Crippen MR) is 75.6 cm³/mol. The number of carbonyl (C=O) groups is 3. The number of rotatable bonds is 6. The molecule has 2 amide bonds. The lowest BCUT2D eigenvalue weighted by atomic mass is 9.96. The summed E-state index contributed by atoms with van der Waals surface area (Å²) in [6.45, 7) is 6.00. The van der Waals surface area contributed by atoms with Gasteiger partial charge in [0.25, 0.3) is 0 Å². The van der Waals surface area contributed by atoms with E-state index in [9.17, 15) is 14.4 Å². The molecule has 1 rings (SSSR count). The van der Waals surface area contributed by atoms with E-state index >= 15 is 0 Å². The summed E-state index contributed by atoms with van der Waals surface area (Å²) in [6, 6.07) is 0. The summed E-state index contributed by atoms with van der Waals surface area (Å²) < 4.78 is 5.28. The summed E-state index contributed by atoms with van der Waals surface area (Å²) in [6.07, 6.45) is 0.268. The molecule has 0 aliphatic carbocycles. The van der Waals surface area contributed by atoms with Crippen molar-refractivity contribution in [3.05, 3.63) is 0 Å². The summed E-state index contributed by atoms with van der Waals surface area (Å²) in [5.41, 5.74) is -0.472. The highest BCUT2D eigenvalue weighted by molar-refractivity contribution is 5.82. The molecule has 0 saturated carbocycles. The number of hydrogen-bond donors (Lipinski definition) is 3. The van der Waals surface area contributed by atoms with Gasteiger partial charge in [-0.1, -0.05) is 20.8 Å². The highest BCUT2D eigenvalue weighted by Gasteiger charge is 2.30. The van der Waals surface area contributed by atoms with Crippen LogP contribution in [0.1, 0.15) is 40.0 Å². The van der Waals surface area contributed by atoms with Gasteiger partial charge in [0.1, 0.15) is 0 Å². The topological polar surface area (TPSA) is 105 Å². The molecule has 0 spiro atoms. The van der Waals surface area contributed by atoms with Gasteiger partial charge in [0, 0.05) is 24.9 Å². The second-order valence-corrected chi connectivity index (χ2v) is 6.22. The number of ether oxygens (including phenoxy) is 1. The van der Waals surface area contributed by atoms with E-state index in [0.29, 0.717) is 19.4 Å². The summed E-state index contributed by atoms with van der Waals surface area (Å²) in [5, 5.41) is 14.2. The predicted octanol–water partition coefficient (Wildman–Crippen LogP) is 0.287. The van der Waals surface area contributed by atoms with Gasteiger partial charge in [-0.05, 0) is 12.8 Å².